The molecule has 0 saturated carbocycles. The molecule has 0 aliphatic rings. The Kier molecular flexibility index (Phi) is 7.87. The fourth-order valence-corrected chi connectivity index (χ4v) is 4.00. The van der Waals surface area contributed by atoms with Crippen LogP contribution in [0.25, 0.3) is 0 Å². The van der Waals surface area contributed by atoms with Crippen LogP contribution in [0.15, 0.2) is 28.0 Å². The summed E-state index contributed by atoms with van der Waals surface area (Å²) in [6, 6.07) is 6.87. The molecular formula is C15H24S2. The maximum atomic E-state index is 2.34. The van der Waals surface area contributed by atoms with Crippen LogP contribution < -0.4 is 0 Å². The predicted octanol–water partition coefficient (Wildman–Crippen LogP) is 5.78. The largest absolute Gasteiger partial charge is 0.125 e. The molecule has 0 N–H and O–H groups in total. The van der Waals surface area contributed by atoms with Crippen LogP contribution in [0.1, 0.15) is 45.1 Å². The summed E-state index contributed by atoms with van der Waals surface area (Å²) in [6.45, 7) is 6.70. The third-order valence-electron chi connectivity index (χ3n) is 2.61. The highest BCUT2D eigenvalue weighted by Crippen LogP contribution is 2.32. The Morgan fingerprint density at radius 3 is 2.06 bits per heavy atom. The van der Waals surface area contributed by atoms with Crippen molar-refractivity contribution in [3.8, 4) is 0 Å². The monoisotopic (exact) mass is 268 g/mol. The van der Waals surface area contributed by atoms with Crippen LogP contribution in [0.4, 0.5) is 0 Å². The summed E-state index contributed by atoms with van der Waals surface area (Å²) in [5.74, 6) is 2.50. The lowest BCUT2D eigenvalue weighted by atomic mass is 10.2. The Hall–Kier alpha value is -0.0800. The second kappa shape index (κ2) is 8.93. The fraction of sp³-hybridized carbons (Fsp3) is 0.600. The van der Waals surface area contributed by atoms with Gasteiger partial charge in [0.05, 0.1) is 0 Å². The maximum absolute atomic E-state index is 2.34. The van der Waals surface area contributed by atoms with Crippen molar-refractivity contribution < 1.29 is 0 Å². The summed E-state index contributed by atoms with van der Waals surface area (Å²) in [7, 11) is 0. The van der Waals surface area contributed by atoms with E-state index in [-0.39, 0.29) is 0 Å². The minimum atomic E-state index is 1.25. The number of aryl methyl sites for hydroxylation is 1. The maximum Gasteiger partial charge on any atom is 0.0211 e. The molecule has 96 valence electrons. The zero-order valence-electron chi connectivity index (χ0n) is 11.3. The smallest absolute Gasteiger partial charge is 0.0211 e. The van der Waals surface area contributed by atoms with Crippen LogP contribution >= 0.6 is 23.5 Å². The van der Waals surface area contributed by atoms with Crippen LogP contribution in [-0.2, 0) is 0 Å². The van der Waals surface area contributed by atoms with Gasteiger partial charge in [-0.05, 0) is 49.0 Å². The zero-order valence-corrected chi connectivity index (χ0v) is 12.9. The Morgan fingerprint density at radius 2 is 1.47 bits per heavy atom. The van der Waals surface area contributed by atoms with Crippen LogP contribution in [0.2, 0.25) is 0 Å². The van der Waals surface area contributed by atoms with Gasteiger partial charge in [-0.25, -0.2) is 0 Å². The second-order valence-corrected chi connectivity index (χ2v) is 6.63. The van der Waals surface area contributed by atoms with Crippen molar-refractivity contribution in [3.05, 3.63) is 23.8 Å². The Labute approximate surface area is 115 Å². The summed E-state index contributed by atoms with van der Waals surface area (Å²) in [5, 5.41) is 0. The van der Waals surface area contributed by atoms with Crippen molar-refractivity contribution in [2.24, 2.45) is 0 Å². The van der Waals surface area contributed by atoms with Gasteiger partial charge in [0.15, 0.2) is 0 Å². The summed E-state index contributed by atoms with van der Waals surface area (Å²) >= 11 is 4.04. The van der Waals surface area contributed by atoms with Crippen molar-refractivity contribution >= 4 is 23.5 Å². The molecule has 0 spiro atoms. The summed E-state index contributed by atoms with van der Waals surface area (Å²) < 4.78 is 0. The van der Waals surface area contributed by atoms with Gasteiger partial charge in [0, 0.05) is 9.79 Å². The van der Waals surface area contributed by atoms with Gasteiger partial charge in [-0.3, -0.25) is 0 Å². The molecule has 0 heterocycles. The normalized spacial score (nSPS) is 10.8. The molecule has 0 bridgehead atoms. The molecule has 0 aliphatic heterocycles. The minimum absolute atomic E-state index is 1.25. The minimum Gasteiger partial charge on any atom is -0.125 e. The van der Waals surface area contributed by atoms with Crippen molar-refractivity contribution in [2.45, 2.75) is 56.2 Å². The van der Waals surface area contributed by atoms with E-state index in [2.05, 4.69) is 39.0 Å². The van der Waals surface area contributed by atoms with E-state index in [1.54, 1.807) is 0 Å². The first-order chi connectivity index (χ1) is 8.27. The van der Waals surface area contributed by atoms with Gasteiger partial charge in [-0.1, -0.05) is 32.8 Å². The number of hydrogen-bond acceptors (Lipinski definition) is 2. The van der Waals surface area contributed by atoms with Crippen LogP contribution in [0.5, 0.6) is 0 Å². The van der Waals surface area contributed by atoms with E-state index in [0.29, 0.717) is 0 Å². The average Bonchev–Trinajstić information content (AvgIpc) is 2.32. The van der Waals surface area contributed by atoms with Crippen LogP contribution in [0.3, 0.4) is 0 Å². The van der Waals surface area contributed by atoms with Gasteiger partial charge in [0.1, 0.15) is 0 Å². The van der Waals surface area contributed by atoms with Crippen molar-refractivity contribution in [2.75, 3.05) is 11.5 Å². The molecule has 1 rings (SSSR count). The van der Waals surface area contributed by atoms with E-state index in [0.717, 1.165) is 0 Å². The van der Waals surface area contributed by atoms with Gasteiger partial charge >= 0.3 is 0 Å². The molecule has 2 heteroatoms. The Bertz CT molecular complexity index is 321. The SMILES string of the molecule is CCCCSc1ccc(C)cc1SCCCC. The van der Waals surface area contributed by atoms with Crippen LogP contribution in [-0.4, -0.2) is 11.5 Å². The molecular weight excluding hydrogens is 244 g/mol. The van der Waals surface area contributed by atoms with E-state index in [9.17, 15) is 0 Å². The van der Waals surface area contributed by atoms with Gasteiger partial charge in [-0.15, -0.1) is 23.5 Å². The Balaban J connectivity index is 2.59. The summed E-state index contributed by atoms with van der Waals surface area (Å²) in [6.07, 6.45) is 5.21. The highest BCUT2D eigenvalue weighted by molar-refractivity contribution is 8.02. The summed E-state index contributed by atoms with van der Waals surface area (Å²) in [5.41, 5.74) is 1.38. The quantitative estimate of drug-likeness (QED) is 0.433. The molecule has 0 atom stereocenters. The predicted molar refractivity (Wildman–Crippen MR) is 82.4 cm³/mol. The third-order valence-corrected chi connectivity index (χ3v) is 5.04. The number of unbranched alkanes of at least 4 members (excludes halogenated alkanes) is 2. The zero-order chi connectivity index (χ0) is 12.5. The van der Waals surface area contributed by atoms with Crippen LogP contribution in [0, 0.1) is 6.92 Å². The molecule has 0 nitrogen and oxygen atoms in total. The topological polar surface area (TPSA) is 0 Å². The lowest BCUT2D eigenvalue weighted by Crippen LogP contribution is -1.86. The standard InChI is InChI=1S/C15H24S2/c1-4-6-10-16-14-9-8-13(3)12-15(14)17-11-7-5-2/h8-9,12H,4-7,10-11H2,1-3H3. The van der Waals surface area contributed by atoms with Crippen molar-refractivity contribution in [1.29, 1.82) is 0 Å². The van der Waals surface area contributed by atoms with E-state index in [1.807, 2.05) is 23.5 Å². The van der Waals surface area contributed by atoms with Crippen molar-refractivity contribution in [3.63, 3.8) is 0 Å². The van der Waals surface area contributed by atoms with Gasteiger partial charge in [0.2, 0.25) is 0 Å². The highest BCUT2D eigenvalue weighted by atomic mass is 32.2. The molecule has 0 amide bonds. The molecule has 1 aromatic rings. The molecule has 17 heavy (non-hydrogen) atoms. The molecule has 0 aliphatic carbocycles. The summed E-state index contributed by atoms with van der Waals surface area (Å²) in [4.78, 5) is 2.96. The molecule has 0 aromatic heterocycles. The van der Waals surface area contributed by atoms with Gasteiger partial charge < -0.3 is 0 Å². The average molecular weight is 268 g/mol. The molecule has 0 fully saturated rings. The van der Waals surface area contributed by atoms with E-state index in [1.165, 1.54) is 52.5 Å². The third kappa shape index (κ3) is 5.87. The lowest BCUT2D eigenvalue weighted by Gasteiger charge is -2.09. The number of benzene rings is 1. The molecule has 0 unspecified atom stereocenters. The molecule has 0 radical (unpaired) electrons. The number of rotatable bonds is 8. The second-order valence-electron chi connectivity index (χ2n) is 4.35. The van der Waals surface area contributed by atoms with E-state index >= 15 is 0 Å². The Morgan fingerprint density at radius 1 is 0.882 bits per heavy atom. The fourth-order valence-electron chi connectivity index (χ4n) is 1.50. The van der Waals surface area contributed by atoms with Gasteiger partial charge in [-0.2, -0.15) is 0 Å². The first-order valence-corrected chi connectivity index (χ1v) is 8.61. The van der Waals surface area contributed by atoms with E-state index < -0.39 is 0 Å². The van der Waals surface area contributed by atoms with E-state index in [4.69, 9.17) is 0 Å². The highest BCUT2D eigenvalue weighted by Gasteiger charge is 2.04. The van der Waals surface area contributed by atoms with Crippen molar-refractivity contribution in [1.82, 2.24) is 0 Å². The lowest BCUT2D eigenvalue weighted by molar-refractivity contribution is 0.893. The molecule has 1 aromatic carbocycles. The number of thioether (sulfide) groups is 2. The molecule has 0 saturated heterocycles. The first kappa shape index (κ1) is 15.0. The number of hydrogen-bond donors (Lipinski definition) is 0. The first-order valence-electron chi connectivity index (χ1n) is 6.64. The van der Waals surface area contributed by atoms with Gasteiger partial charge in [0.25, 0.3) is 0 Å².